The first kappa shape index (κ1) is 18.0. The summed E-state index contributed by atoms with van der Waals surface area (Å²) in [5, 5.41) is 9.11. The van der Waals surface area contributed by atoms with Gasteiger partial charge in [-0.3, -0.25) is 0 Å². The Morgan fingerprint density at radius 3 is 2.20 bits per heavy atom. The molecule has 3 rings (SSSR count). The highest BCUT2D eigenvalue weighted by Gasteiger charge is 2.28. The van der Waals surface area contributed by atoms with Crippen molar-refractivity contribution in [1.82, 2.24) is 0 Å². The molecule has 132 valence electrons. The fraction of sp³-hybridized carbons (Fsp3) is 0.381. The normalized spacial score (nSPS) is 16.0. The number of halogens is 1. The van der Waals surface area contributed by atoms with E-state index in [4.69, 9.17) is 9.84 Å². The average Bonchev–Trinajstić information content (AvgIpc) is 3.12. The molecule has 2 aromatic rings. The van der Waals surface area contributed by atoms with Crippen LogP contribution in [-0.2, 0) is 0 Å². The van der Waals surface area contributed by atoms with E-state index in [0.29, 0.717) is 11.5 Å². The Hall–Kier alpha value is -1.81. The van der Waals surface area contributed by atoms with Gasteiger partial charge in [0.2, 0.25) is 0 Å². The number of rotatable bonds is 5. The standard InChI is InChI=1S/C21H23BrO3/c1-13-11-18(12-14(2)19(13)22)25-20(15-5-3-4-6-15)16-7-9-17(10-8-16)21(23)24/h7-12,15,20H,3-6H2,1-2H3,(H,23,24). The first-order valence-electron chi connectivity index (χ1n) is 8.72. The van der Waals surface area contributed by atoms with Crippen molar-refractivity contribution >= 4 is 21.9 Å². The number of hydrogen-bond acceptors (Lipinski definition) is 2. The van der Waals surface area contributed by atoms with Gasteiger partial charge in [0, 0.05) is 10.4 Å². The summed E-state index contributed by atoms with van der Waals surface area (Å²) in [7, 11) is 0. The van der Waals surface area contributed by atoms with Crippen molar-refractivity contribution in [1.29, 1.82) is 0 Å². The fourth-order valence-corrected chi connectivity index (χ4v) is 3.86. The Kier molecular flexibility index (Phi) is 5.48. The van der Waals surface area contributed by atoms with Crippen LogP contribution in [0.3, 0.4) is 0 Å². The number of carboxylic acids is 1. The second kappa shape index (κ2) is 7.61. The Morgan fingerprint density at radius 1 is 1.12 bits per heavy atom. The van der Waals surface area contributed by atoms with Gasteiger partial charge in [-0.2, -0.15) is 0 Å². The van der Waals surface area contributed by atoms with Gasteiger partial charge in [-0.25, -0.2) is 4.79 Å². The van der Waals surface area contributed by atoms with Crippen LogP contribution in [0.4, 0.5) is 0 Å². The summed E-state index contributed by atoms with van der Waals surface area (Å²) in [5.41, 5.74) is 3.67. The van der Waals surface area contributed by atoms with Crippen LogP contribution in [0.15, 0.2) is 40.9 Å². The molecule has 0 spiro atoms. The number of aromatic carboxylic acids is 1. The maximum atomic E-state index is 11.1. The van der Waals surface area contributed by atoms with E-state index < -0.39 is 5.97 Å². The molecule has 1 aliphatic rings. The summed E-state index contributed by atoms with van der Waals surface area (Å²) < 4.78 is 7.55. The minimum atomic E-state index is -0.899. The highest BCUT2D eigenvalue weighted by Crippen LogP contribution is 2.39. The summed E-state index contributed by atoms with van der Waals surface area (Å²) in [6.45, 7) is 4.13. The van der Waals surface area contributed by atoms with Crippen molar-refractivity contribution in [2.24, 2.45) is 5.92 Å². The van der Waals surface area contributed by atoms with Gasteiger partial charge in [0.05, 0.1) is 5.56 Å². The van der Waals surface area contributed by atoms with Crippen LogP contribution in [0.2, 0.25) is 0 Å². The second-order valence-corrected chi connectivity index (χ2v) is 7.67. The van der Waals surface area contributed by atoms with Crippen molar-refractivity contribution in [3.05, 3.63) is 63.1 Å². The van der Waals surface area contributed by atoms with Crippen LogP contribution in [0.5, 0.6) is 5.75 Å². The van der Waals surface area contributed by atoms with E-state index in [1.165, 1.54) is 12.8 Å². The quantitative estimate of drug-likeness (QED) is 0.659. The van der Waals surface area contributed by atoms with E-state index in [-0.39, 0.29) is 6.10 Å². The lowest BCUT2D eigenvalue weighted by Gasteiger charge is -2.26. The number of aryl methyl sites for hydroxylation is 2. The van der Waals surface area contributed by atoms with Crippen molar-refractivity contribution in [3.63, 3.8) is 0 Å². The number of carbonyl (C=O) groups is 1. The van der Waals surface area contributed by atoms with E-state index in [0.717, 1.165) is 39.8 Å². The van der Waals surface area contributed by atoms with Gasteiger partial charge in [0.1, 0.15) is 11.9 Å². The Bertz CT molecular complexity index is 738. The largest absolute Gasteiger partial charge is 0.485 e. The monoisotopic (exact) mass is 402 g/mol. The van der Waals surface area contributed by atoms with E-state index >= 15 is 0 Å². The van der Waals surface area contributed by atoms with E-state index in [9.17, 15) is 4.79 Å². The molecule has 0 aromatic heterocycles. The predicted molar refractivity (Wildman–Crippen MR) is 102 cm³/mol. The lowest BCUT2D eigenvalue weighted by molar-refractivity contribution is 0.0696. The zero-order chi connectivity index (χ0) is 18.0. The van der Waals surface area contributed by atoms with Crippen molar-refractivity contribution < 1.29 is 14.6 Å². The number of benzene rings is 2. The van der Waals surface area contributed by atoms with Gasteiger partial charge in [-0.1, -0.05) is 40.9 Å². The summed E-state index contributed by atoms with van der Waals surface area (Å²) in [5.74, 6) is 0.446. The Morgan fingerprint density at radius 2 is 1.68 bits per heavy atom. The first-order chi connectivity index (χ1) is 12.0. The minimum absolute atomic E-state index is 0.0367. The molecule has 0 saturated heterocycles. The highest BCUT2D eigenvalue weighted by molar-refractivity contribution is 9.10. The lowest BCUT2D eigenvalue weighted by Crippen LogP contribution is -2.17. The van der Waals surface area contributed by atoms with Crippen molar-refractivity contribution in [3.8, 4) is 5.75 Å². The highest BCUT2D eigenvalue weighted by atomic mass is 79.9. The maximum absolute atomic E-state index is 11.1. The molecule has 3 nitrogen and oxygen atoms in total. The van der Waals surface area contributed by atoms with Crippen LogP contribution in [0.1, 0.15) is 58.8 Å². The molecule has 0 radical (unpaired) electrons. The molecule has 1 aliphatic carbocycles. The number of ether oxygens (including phenoxy) is 1. The predicted octanol–water partition coefficient (Wildman–Crippen LogP) is 6.07. The van der Waals surface area contributed by atoms with Crippen LogP contribution in [0.25, 0.3) is 0 Å². The van der Waals surface area contributed by atoms with Gasteiger partial charge < -0.3 is 9.84 Å². The SMILES string of the molecule is Cc1cc(OC(c2ccc(C(=O)O)cc2)C2CCCC2)cc(C)c1Br. The zero-order valence-electron chi connectivity index (χ0n) is 14.6. The van der Waals surface area contributed by atoms with E-state index in [1.54, 1.807) is 12.1 Å². The molecular weight excluding hydrogens is 380 g/mol. The van der Waals surface area contributed by atoms with Gasteiger partial charge in [-0.05, 0) is 67.6 Å². The Labute approximate surface area is 157 Å². The molecule has 1 atom stereocenters. The van der Waals surface area contributed by atoms with Gasteiger partial charge in [0.15, 0.2) is 0 Å². The third-order valence-electron chi connectivity index (χ3n) is 4.99. The zero-order valence-corrected chi connectivity index (χ0v) is 16.2. The molecule has 1 fully saturated rings. The van der Waals surface area contributed by atoms with E-state index in [1.807, 2.05) is 12.1 Å². The fourth-order valence-electron chi connectivity index (χ4n) is 3.63. The topological polar surface area (TPSA) is 46.5 Å². The van der Waals surface area contributed by atoms with Crippen LogP contribution in [-0.4, -0.2) is 11.1 Å². The van der Waals surface area contributed by atoms with Gasteiger partial charge in [-0.15, -0.1) is 0 Å². The molecule has 25 heavy (non-hydrogen) atoms. The number of hydrogen-bond donors (Lipinski definition) is 1. The Balaban J connectivity index is 1.91. The third kappa shape index (κ3) is 4.06. The minimum Gasteiger partial charge on any atom is -0.485 e. The molecule has 0 heterocycles. The molecule has 0 amide bonds. The van der Waals surface area contributed by atoms with Gasteiger partial charge >= 0.3 is 5.97 Å². The second-order valence-electron chi connectivity index (χ2n) is 6.88. The van der Waals surface area contributed by atoms with E-state index in [2.05, 4.69) is 41.9 Å². The molecular formula is C21H23BrO3. The first-order valence-corrected chi connectivity index (χ1v) is 9.51. The lowest BCUT2D eigenvalue weighted by atomic mass is 9.93. The van der Waals surface area contributed by atoms with Gasteiger partial charge in [0.25, 0.3) is 0 Å². The maximum Gasteiger partial charge on any atom is 0.335 e. The smallest absolute Gasteiger partial charge is 0.335 e. The molecule has 2 aromatic carbocycles. The number of carboxylic acid groups (broad SMARTS) is 1. The summed E-state index contributed by atoms with van der Waals surface area (Å²) >= 11 is 3.60. The van der Waals surface area contributed by atoms with Crippen LogP contribution in [0, 0.1) is 19.8 Å². The molecule has 1 saturated carbocycles. The molecule has 0 bridgehead atoms. The van der Waals surface area contributed by atoms with Crippen LogP contribution >= 0.6 is 15.9 Å². The molecule has 4 heteroatoms. The molecule has 0 aliphatic heterocycles. The summed E-state index contributed by atoms with van der Waals surface area (Å²) in [6.07, 6.45) is 4.73. The van der Waals surface area contributed by atoms with Crippen LogP contribution < -0.4 is 4.74 Å². The summed E-state index contributed by atoms with van der Waals surface area (Å²) in [4.78, 5) is 11.1. The van der Waals surface area contributed by atoms with Crippen molar-refractivity contribution in [2.45, 2.75) is 45.6 Å². The molecule has 1 N–H and O–H groups in total. The average molecular weight is 403 g/mol. The summed E-state index contributed by atoms with van der Waals surface area (Å²) in [6, 6.07) is 11.2. The molecule has 1 unspecified atom stereocenters. The third-order valence-corrected chi connectivity index (χ3v) is 6.24. The van der Waals surface area contributed by atoms with Crippen molar-refractivity contribution in [2.75, 3.05) is 0 Å².